The van der Waals surface area contributed by atoms with Gasteiger partial charge in [0, 0.05) is 37.5 Å². The number of phenols is 1. The van der Waals surface area contributed by atoms with Crippen molar-refractivity contribution in [2.45, 2.75) is 44.9 Å². The quantitative estimate of drug-likeness (QED) is 0.869. The lowest BCUT2D eigenvalue weighted by molar-refractivity contribution is -0.0651. The van der Waals surface area contributed by atoms with E-state index in [0.717, 1.165) is 55.6 Å². The van der Waals surface area contributed by atoms with Crippen molar-refractivity contribution in [2.75, 3.05) is 19.6 Å². The van der Waals surface area contributed by atoms with E-state index < -0.39 is 0 Å². The number of hydrogen-bond donors (Lipinski definition) is 2. The molecule has 1 fully saturated rings. The molecule has 4 rings (SSSR count). The molecule has 0 radical (unpaired) electrons. The molecule has 2 aliphatic heterocycles. The van der Waals surface area contributed by atoms with Crippen molar-refractivity contribution in [3.63, 3.8) is 0 Å². The van der Waals surface area contributed by atoms with E-state index in [2.05, 4.69) is 28.1 Å². The zero-order valence-electron chi connectivity index (χ0n) is 16.0. The minimum absolute atomic E-state index is 0.111. The van der Waals surface area contributed by atoms with Crippen molar-refractivity contribution < 1.29 is 9.84 Å². The first-order valence-electron chi connectivity index (χ1n) is 9.94. The zero-order chi connectivity index (χ0) is 18.8. The van der Waals surface area contributed by atoms with Gasteiger partial charge >= 0.3 is 0 Å². The fraction of sp³-hybridized carbons (Fsp3) is 0.500. The second-order valence-electron chi connectivity index (χ2n) is 7.87. The summed E-state index contributed by atoms with van der Waals surface area (Å²) >= 11 is 0. The molecule has 0 unspecified atom stereocenters. The Balaban J connectivity index is 1.42. The summed E-state index contributed by atoms with van der Waals surface area (Å²) in [6.45, 7) is 5.54. The second-order valence-corrected chi connectivity index (χ2v) is 7.87. The monoisotopic (exact) mass is 367 g/mol. The maximum Gasteiger partial charge on any atom is 0.122 e. The molecular formula is C22H29N3O2. The van der Waals surface area contributed by atoms with Crippen molar-refractivity contribution in [1.29, 1.82) is 0 Å². The molecule has 1 saturated heterocycles. The van der Waals surface area contributed by atoms with Crippen LogP contribution in [0.4, 0.5) is 0 Å². The molecule has 2 aromatic rings. The van der Waals surface area contributed by atoms with Crippen molar-refractivity contribution in [3.05, 3.63) is 58.9 Å². The van der Waals surface area contributed by atoms with Gasteiger partial charge in [-0.15, -0.1) is 0 Å². The first kappa shape index (κ1) is 18.4. The maximum absolute atomic E-state index is 10.6. The summed E-state index contributed by atoms with van der Waals surface area (Å²) in [4.78, 5) is 6.60. The molecule has 3 heterocycles. The van der Waals surface area contributed by atoms with Crippen LogP contribution in [0.5, 0.6) is 5.75 Å². The Morgan fingerprint density at radius 2 is 1.93 bits per heavy atom. The molecule has 27 heavy (non-hydrogen) atoms. The largest absolute Gasteiger partial charge is 0.507 e. The van der Waals surface area contributed by atoms with Crippen LogP contribution in [0.15, 0.2) is 36.7 Å². The lowest BCUT2D eigenvalue weighted by atomic mass is 9.83. The number of fused-ring (bicyclic) bond motifs is 1. The van der Waals surface area contributed by atoms with Crippen LogP contribution in [-0.2, 0) is 17.7 Å². The van der Waals surface area contributed by atoms with E-state index in [4.69, 9.17) is 10.5 Å². The third-order valence-corrected chi connectivity index (χ3v) is 6.14. The number of likely N-dealkylation sites (tertiary alicyclic amines) is 1. The number of aromatic hydroxyl groups is 1. The average molecular weight is 367 g/mol. The standard InChI is InChI=1S/C22H29N3O2/c1-15-2-3-18-19(22(15)26)12-20(27-21(18)13-23)17-6-10-25(11-7-17)14-16-4-8-24-9-5-16/h2-5,8-9,17,20-21,26H,6-7,10-14,23H2,1H3/t20-,21-/m0/s1. The Labute approximate surface area is 161 Å². The molecule has 1 aromatic heterocycles. The van der Waals surface area contributed by atoms with E-state index in [1.165, 1.54) is 5.56 Å². The van der Waals surface area contributed by atoms with Crippen LogP contribution in [0, 0.1) is 12.8 Å². The predicted octanol–water partition coefficient (Wildman–Crippen LogP) is 2.95. The number of rotatable bonds is 4. The molecule has 3 N–H and O–H groups in total. The Kier molecular flexibility index (Phi) is 5.43. The summed E-state index contributed by atoms with van der Waals surface area (Å²) in [5.41, 5.74) is 10.3. The number of nitrogens with zero attached hydrogens (tertiary/aromatic N) is 2. The lowest BCUT2D eigenvalue weighted by Gasteiger charge is -2.40. The minimum Gasteiger partial charge on any atom is -0.507 e. The van der Waals surface area contributed by atoms with Crippen LogP contribution in [0.25, 0.3) is 0 Å². The SMILES string of the molecule is Cc1ccc2c(c1O)C[C@@H](C1CCN(Cc3ccncc3)CC1)O[C@H]2CN. The van der Waals surface area contributed by atoms with E-state index in [1.54, 1.807) is 0 Å². The minimum atomic E-state index is -0.111. The van der Waals surface area contributed by atoms with E-state index >= 15 is 0 Å². The molecular weight excluding hydrogens is 338 g/mol. The van der Waals surface area contributed by atoms with E-state index in [-0.39, 0.29) is 12.2 Å². The molecule has 5 heteroatoms. The predicted molar refractivity (Wildman–Crippen MR) is 105 cm³/mol. The third-order valence-electron chi connectivity index (χ3n) is 6.14. The number of pyridine rings is 1. The highest BCUT2D eigenvalue weighted by atomic mass is 16.5. The van der Waals surface area contributed by atoms with Gasteiger partial charge in [-0.25, -0.2) is 0 Å². The van der Waals surface area contributed by atoms with Crippen LogP contribution in [0.1, 0.15) is 41.2 Å². The number of piperidine rings is 1. The molecule has 0 spiro atoms. The Morgan fingerprint density at radius 3 is 2.63 bits per heavy atom. The number of benzene rings is 1. The Hall–Kier alpha value is -1.95. The third kappa shape index (κ3) is 3.86. The molecule has 2 atom stereocenters. The highest BCUT2D eigenvalue weighted by Gasteiger charge is 2.35. The molecule has 5 nitrogen and oxygen atoms in total. The summed E-state index contributed by atoms with van der Waals surface area (Å²) in [6, 6.07) is 8.20. The fourth-order valence-electron chi connectivity index (χ4n) is 4.51. The molecule has 0 amide bonds. The summed E-state index contributed by atoms with van der Waals surface area (Å²) in [5, 5.41) is 10.6. The van der Waals surface area contributed by atoms with Gasteiger partial charge in [0.15, 0.2) is 0 Å². The normalized spacial score (nSPS) is 23.9. The first-order valence-corrected chi connectivity index (χ1v) is 9.94. The van der Waals surface area contributed by atoms with Crippen LogP contribution in [0.3, 0.4) is 0 Å². The molecule has 2 aliphatic rings. The number of phenolic OH excluding ortho intramolecular Hbond substituents is 1. The Bertz CT molecular complexity index is 773. The Morgan fingerprint density at radius 1 is 1.19 bits per heavy atom. The number of aromatic nitrogens is 1. The van der Waals surface area contributed by atoms with Crippen LogP contribution in [-0.4, -0.2) is 40.7 Å². The van der Waals surface area contributed by atoms with Gasteiger partial charge in [0.05, 0.1) is 12.2 Å². The van der Waals surface area contributed by atoms with Gasteiger partial charge in [-0.05, 0) is 67.6 Å². The molecule has 144 valence electrons. The van der Waals surface area contributed by atoms with Gasteiger partial charge in [0.1, 0.15) is 5.75 Å². The summed E-state index contributed by atoms with van der Waals surface area (Å²) in [7, 11) is 0. The fourth-order valence-corrected chi connectivity index (χ4v) is 4.51. The van der Waals surface area contributed by atoms with Gasteiger partial charge < -0.3 is 15.6 Å². The van der Waals surface area contributed by atoms with E-state index in [0.29, 0.717) is 18.2 Å². The van der Waals surface area contributed by atoms with Gasteiger partial charge in [0.2, 0.25) is 0 Å². The van der Waals surface area contributed by atoms with Gasteiger partial charge in [-0.3, -0.25) is 9.88 Å². The number of aryl methyl sites for hydroxylation is 1. The van der Waals surface area contributed by atoms with Crippen molar-refractivity contribution >= 4 is 0 Å². The van der Waals surface area contributed by atoms with Crippen molar-refractivity contribution in [1.82, 2.24) is 9.88 Å². The molecule has 1 aromatic carbocycles. The van der Waals surface area contributed by atoms with Crippen LogP contribution < -0.4 is 5.73 Å². The molecule has 0 saturated carbocycles. The number of nitrogens with two attached hydrogens (primary N) is 1. The van der Waals surface area contributed by atoms with E-state index in [1.807, 2.05) is 25.4 Å². The average Bonchev–Trinajstić information content (AvgIpc) is 2.71. The second kappa shape index (κ2) is 7.97. The smallest absolute Gasteiger partial charge is 0.122 e. The van der Waals surface area contributed by atoms with Gasteiger partial charge in [-0.1, -0.05) is 12.1 Å². The highest BCUT2D eigenvalue weighted by molar-refractivity contribution is 5.47. The number of hydrogen-bond acceptors (Lipinski definition) is 5. The summed E-state index contributed by atoms with van der Waals surface area (Å²) < 4.78 is 6.39. The highest BCUT2D eigenvalue weighted by Crippen LogP contribution is 2.40. The summed E-state index contributed by atoms with van der Waals surface area (Å²) in [5.74, 6) is 0.940. The van der Waals surface area contributed by atoms with Crippen LogP contribution >= 0.6 is 0 Å². The summed E-state index contributed by atoms with van der Waals surface area (Å²) in [6.07, 6.45) is 6.77. The zero-order valence-corrected chi connectivity index (χ0v) is 16.0. The van der Waals surface area contributed by atoms with E-state index in [9.17, 15) is 5.11 Å². The lowest BCUT2D eigenvalue weighted by Crippen LogP contribution is -2.41. The van der Waals surface area contributed by atoms with Crippen molar-refractivity contribution in [2.24, 2.45) is 11.7 Å². The van der Waals surface area contributed by atoms with Gasteiger partial charge in [-0.2, -0.15) is 0 Å². The van der Waals surface area contributed by atoms with Crippen LogP contribution in [0.2, 0.25) is 0 Å². The molecule has 0 bridgehead atoms. The number of ether oxygens (including phenoxy) is 1. The topological polar surface area (TPSA) is 71.6 Å². The van der Waals surface area contributed by atoms with Crippen molar-refractivity contribution in [3.8, 4) is 5.75 Å². The maximum atomic E-state index is 10.6. The first-order chi connectivity index (χ1) is 13.2. The molecule has 0 aliphatic carbocycles. The van der Waals surface area contributed by atoms with Gasteiger partial charge in [0.25, 0.3) is 0 Å².